The number of nitrogens with zero attached hydrogens (tertiary/aromatic N) is 2. The van der Waals surface area contributed by atoms with E-state index in [0.29, 0.717) is 16.6 Å². The second-order valence-electron chi connectivity index (χ2n) is 7.74. The highest BCUT2D eigenvalue weighted by molar-refractivity contribution is 8.00. The van der Waals surface area contributed by atoms with Crippen LogP contribution in [0.1, 0.15) is 29.3 Å². The van der Waals surface area contributed by atoms with Gasteiger partial charge in [-0.15, -0.1) is 11.3 Å². The van der Waals surface area contributed by atoms with Crippen molar-refractivity contribution in [1.82, 2.24) is 15.3 Å². The minimum Gasteiger partial charge on any atom is -0.346 e. The summed E-state index contributed by atoms with van der Waals surface area (Å²) in [6, 6.07) is 5.31. The van der Waals surface area contributed by atoms with E-state index >= 15 is 0 Å². The molecule has 2 N–H and O–H groups in total. The van der Waals surface area contributed by atoms with Gasteiger partial charge in [0, 0.05) is 21.0 Å². The molecule has 4 rings (SSSR count). The molecule has 1 aliphatic rings. The summed E-state index contributed by atoms with van der Waals surface area (Å²) in [5.41, 5.74) is 2.78. The van der Waals surface area contributed by atoms with Crippen LogP contribution < -0.4 is 10.6 Å². The van der Waals surface area contributed by atoms with Crippen LogP contribution in [0, 0.1) is 12.8 Å². The minimum atomic E-state index is -0.297. The van der Waals surface area contributed by atoms with Gasteiger partial charge in [0.2, 0.25) is 11.8 Å². The standard InChI is InChI=1S/C22H23ClN4O2S2/c1-12-6-7-14-17(8-12)31-22-20(14)21(25-11-26-22)30-10-19(29)24-9-18(28)27-16-5-3-4-15(23)13(16)2/h3-5,11-12H,6-10H2,1-2H3,(H,24,29)(H,27,28)/t12-/m0/s1. The molecule has 1 aliphatic carbocycles. The maximum Gasteiger partial charge on any atom is 0.243 e. The van der Waals surface area contributed by atoms with Gasteiger partial charge >= 0.3 is 0 Å². The Kier molecular flexibility index (Phi) is 6.79. The number of anilines is 1. The molecule has 6 nitrogen and oxygen atoms in total. The van der Waals surface area contributed by atoms with E-state index in [1.165, 1.54) is 28.6 Å². The lowest BCUT2D eigenvalue weighted by atomic mass is 9.89. The Morgan fingerprint density at radius 2 is 2.13 bits per heavy atom. The third-order valence-corrected chi connectivity index (χ3v) is 7.95. The van der Waals surface area contributed by atoms with Crippen LogP contribution in [0.15, 0.2) is 29.6 Å². The number of hydrogen-bond donors (Lipinski definition) is 2. The fourth-order valence-electron chi connectivity index (χ4n) is 3.66. The second kappa shape index (κ2) is 9.54. The number of halogens is 1. The van der Waals surface area contributed by atoms with Gasteiger partial charge in [-0.25, -0.2) is 9.97 Å². The van der Waals surface area contributed by atoms with E-state index in [4.69, 9.17) is 11.6 Å². The summed E-state index contributed by atoms with van der Waals surface area (Å²) in [6.45, 7) is 4.01. The molecule has 0 spiro atoms. The van der Waals surface area contributed by atoms with Gasteiger partial charge in [0.05, 0.1) is 12.3 Å². The lowest BCUT2D eigenvalue weighted by molar-refractivity contribution is -0.122. The van der Waals surface area contributed by atoms with E-state index in [-0.39, 0.29) is 24.1 Å². The molecule has 0 fully saturated rings. The van der Waals surface area contributed by atoms with Crippen LogP contribution >= 0.6 is 34.7 Å². The highest BCUT2D eigenvalue weighted by Gasteiger charge is 2.23. The van der Waals surface area contributed by atoms with Crippen LogP contribution in [0.3, 0.4) is 0 Å². The number of benzene rings is 1. The van der Waals surface area contributed by atoms with E-state index in [9.17, 15) is 9.59 Å². The largest absolute Gasteiger partial charge is 0.346 e. The van der Waals surface area contributed by atoms with Crippen molar-refractivity contribution in [2.75, 3.05) is 17.6 Å². The number of thioether (sulfide) groups is 1. The van der Waals surface area contributed by atoms with Crippen molar-refractivity contribution in [2.45, 2.75) is 38.1 Å². The first-order valence-electron chi connectivity index (χ1n) is 10.1. The van der Waals surface area contributed by atoms with Crippen molar-refractivity contribution in [2.24, 2.45) is 5.92 Å². The molecule has 0 bridgehead atoms. The number of carbonyl (C=O) groups excluding carboxylic acids is 2. The Morgan fingerprint density at radius 3 is 2.97 bits per heavy atom. The number of carbonyl (C=O) groups is 2. The molecule has 162 valence electrons. The zero-order valence-corrected chi connectivity index (χ0v) is 19.7. The number of nitrogens with one attached hydrogen (secondary N) is 2. The number of amides is 2. The zero-order chi connectivity index (χ0) is 22.0. The summed E-state index contributed by atoms with van der Waals surface area (Å²) in [6.07, 6.45) is 4.85. The van der Waals surface area contributed by atoms with Crippen LogP contribution in [-0.4, -0.2) is 34.1 Å². The molecular formula is C22H23ClN4O2S2. The van der Waals surface area contributed by atoms with E-state index in [1.54, 1.807) is 35.9 Å². The molecule has 2 aromatic heterocycles. The van der Waals surface area contributed by atoms with Crippen molar-refractivity contribution in [3.8, 4) is 0 Å². The molecular weight excluding hydrogens is 452 g/mol. The first kappa shape index (κ1) is 22.0. The smallest absolute Gasteiger partial charge is 0.243 e. The highest BCUT2D eigenvalue weighted by atomic mass is 35.5. The fraction of sp³-hybridized carbons (Fsp3) is 0.364. The topological polar surface area (TPSA) is 84.0 Å². The second-order valence-corrected chi connectivity index (χ2v) is 10.2. The third-order valence-electron chi connectivity index (χ3n) is 5.38. The van der Waals surface area contributed by atoms with Crippen LogP contribution in [0.25, 0.3) is 10.2 Å². The molecule has 0 radical (unpaired) electrons. The molecule has 0 saturated carbocycles. The molecule has 0 saturated heterocycles. The molecule has 2 heterocycles. The van der Waals surface area contributed by atoms with Crippen LogP contribution in [0.2, 0.25) is 5.02 Å². The van der Waals surface area contributed by atoms with E-state index in [2.05, 4.69) is 27.5 Å². The van der Waals surface area contributed by atoms with Crippen molar-refractivity contribution in [3.63, 3.8) is 0 Å². The zero-order valence-electron chi connectivity index (χ0n) is 17.3. The summed E-state index contributed by atoms with van der Waals surface area (Å²) < 4.78 is 0. The Morgan fingerprint density at radius 1 is 1.29 bits per heavy atom. The van der Waals surface area contributed by atoms with Crippen molar-refractivity contribution in [1.29, 1.82) is 0 Å². The summed E-state index contributed by atoms with van der Waals surface area (Å²) >= 11 is 9.21. The van der Waals surface area contributed by atoms with Gasteiger partial charge in [-0.3, -0.25) is 9.59 Å². The molecule has 0 aliphatic heterocycles. The summed E-state index contributed by atoms with van der Waals surface area (Å²) in [7, 11) is 0. The number of aromatic nitrogens is 2. The van der Waals surface area contributed by atoms with Crippen LogP contribution in [-0.2, 0) is 22.4 Å². The van der Waals surface area contributed by atoms with Crippen molar-refractivity contribution in [3.05, 3.63) is 45.6 Å². The van der Waals surface area contributed by atoms with Gasteiger partial charge in [0.15, 0.2) is 0 Å². The number of rotatable bonds is 6. The molecule has 9 heteroatoms. The first-order chi connectivity index (χ1) is 14.9. The Hall–Kier alpha value is -2.16. The summed E-state index contributed by atoms with van der Waals surface area (Å²) in [4.78, 5) is 35.8. The Labute approximate surface area is 194 Å². The van der Waals surface area contributed by atoms with Gasteiger partial charge in [0.1, 0.15) is 16.2 Å². The quantitative estimate of drug-likeness (QED) is 0.402. The van der Waals surface area contributed by atoms with E-state index in [0.717, 1.165) is 33.6 Å². The lowest BCUT2D eigenvalue weighted by Gasteiger charge is -2.18. The lowest BCUT2D eigenvalue weighted by Crippen LogP contribution is -2.34. The molecule has 0 unspecified atom stereocenters. The van der Waals surface area contributed by atoms with Crippen molar-refractivity contribution < 1.29 is 9.59 Å². The SMILES string of the molecule is Cc1c(Cl)cccc1NC(=O)CNC(=O)CSc1ncnc2sc3c(c12)CC[C@H](C)C3. The minimum absolute atomic E-state index is 0.101. The molecule has 31 heavy (non-hydrogen) atoms. The van der Waals surface area contributed by atoms with Gasteiger partial charge in [-0.2, -0.15) is 0 Å². The summed E-state index contributed by atoms with van der Waals surface area (Å²) in [5, 5.41) is 7.97. The Balaban J connectivity index is 1.34. The molecule has 3 aromatic rings. The monoisotopic (exact) mass is 474 g/mol. The first-order valence-corrected chi connectivity index (χ1v) is 12.3. The maximum absolute atomic E-state index is 12.3. The maximum atomic E-state index is 12.3. The average molecular weight is 475 g/mol. The molecule has 2 amide bonds. The van der Waals surface area contributed by atoms with Gasteiger partial charge in [-0.1, -0.05) is 36.4 Å². The number of thiophene rings is 1. The molecule has 1 atom stereocenters. The van der Waals surface area contributed by atoms with Crippen molar-refractivity contribution >= 4 is 62.4 Å². The molecule has 1 aromatic carbocycles. The van der Waals surface area contributed by atoms with Crippen LogP contribution in [0.4, 0.5) is 5.69 Å². The average Bonchev–Trinajstić information content (AvgIpc) is 3.12. The van der Waals surface area contributed by atoms with E-state index in [1.807, 2.05) is 6.92 Å². The highest BCUT2D eigenvalue weighted by Crippen LogP contribution is 2.40. The van der Waals surface area contributed by atoms with Crippen LogP contribution in [0.5, 0.6) is 0 Å². The third kappa shape index (κ3) is 5.02. The number of fused-ring (bicyclic) bond motifs is 3. The summed E-state index contributed by atoms with van der Waals surface area (Å²) in [5.74, 6) is 0.371. The number of aryl methyl sites for hydroxylation is 1. The predicted molar refractivity (Wildman–Crippen MR) is 127 cm³/mol. The normalized spacial score (nSPS) is 15.5. The van der Waals surface area contributed by atoms with Gasteiger partial charge in [-0.05, 0) is 55.4 Å². The fourth-order valence-corrected chi connectivity index (χ4v) is 6.10. The Bertz CT molecular complexity index is 1150. The van der Waals surface area contributed by atoms with Gasteiger partial charge < -0.3 is 10.6 Å². The predicted octanol–water partition coefficient (Wildman–Crippen LogP) is 4.62. The van der Waals surface area contributed by atoms with Gasteiger partial charge in [0.25, 0.3) is 0 Å². The number of hydrogen-bond acceptors (Lipinski definition) is 6. The van der Waals surface area contributed by atoms with E-state index < -0.39 is 0 Å².